The number of hydrogen-bond donors (Lipinski definition) is 1. The molecule has 0 saturated heterocycles. The molecule has 0 saturated carbocycles. The third-order valence-electron chi connectivity index (χ3n) is 2.68. The lowest BCUT2D eigenvalue weighted by Crippen LogP contribution is -2.28. The highest BCUT2D eigenvalue weighted by molar-refractivity contribution is 5.32. The first kappa shape index (κ1) is 13.7. The fourth-order valence-electron chi connectivity index (χ4n) is 1.19. The molecule has 0 unspecified atom stereocenters. The van der Waals surface area contributed by atoms with Crippen LogP contribution in [0.2, 0.25) is 0 Å². The van der Waals surface area contributed by atoms with E-state index in [0.29, 0.717) is 11.8 Å². The van der Waals surface area contributed by atoms with Crippen LogP contribution < -0.4 is 10.1 Å². The topological polar surface area (TPSA) is 47.0 Å². The number of nitrogens with zero attached hydrogens (tertiary/aromatic N) is 2. The van der Waals surface area contributed by atoms with Crippen molar-refractivity contribution in [1.29, 1.82) is 0 Å². The fraction of sp³-hybridized carbons (Fsp3) is 0.692. The summed E-state index contributed by atoms with van der Waals surface area (Å²) >= 11 is 0. The van der Waals surface area contributed by atoms with Gasteiger partial charge in [0.1, 0.15) is 5.60 Å². The third kappa shape index (κ3) is 4.21. The minimum Gasteiger partial charge on any atom is -0.471 e. The van der Waals surface area contributed by atoms with Crippen molar-refractivity contribution in [3.8, 4) is 5.88 Å². The zero-order valence-electron chi connectivity index (χ0n) is 11.5. The molecule has 1 heterocycles. The molecule has 0 amide bonds. The minimum atomic E-state index is -0.193. The summed E-state index contributed by atoms with van der Waals surface area (Å²) in [6, 6.07) is 0. The molecule has 0 atom stereocenters. The van der Waals surface area contributed by atoms with Crippen molar-refractivity contribution in [2.45, 2.75) is 53.1 Å². The first-order chi connectivity index (χ1) is 7.98. The van der Waals surface area contributed by atoms with Crippen LogP contribution in [0.4, 0.5) is 5.95 Å². The van der Waals surface area contributed by atoms with E-state index in [0.717, 1.165) is 24.9 Å². The van der Waals surface area contributed by atoms with Gasteiger partial charge in [-0.1, -0.05) is 13.8 Å². The Morgan fingerprint density at radius 2 is 2.06 bits per heavy atom. The van der Waals surface area contributed by atoms with Crippen molar-refractivity contribution in [2.75, 3.05) is 11.9 Å². The second-order valence-corrected chi connectivity index (χ2v) is 4.82. The number of hydrogen-bond acceptors (Lipinski definition) is 4. The van der Waals surface area contributed by atoms with E-state index in [1.807, 2.05) is 6.92 Å². The van der Waals surface area contributed by atoms with Gasteiger partial charge in [0.2, 0.25) is 11.8 Å². The summed E-state index contributed by atoms with van der Waals surface area (Å²) in [5.74, 6) is 1.31. The average molecular weight is 237 g/mol. The zero-order valence-corrected chi connectivity index (χ0v) is 11.5. The van der Waals surface area contributed by atoms with E-state index in [4.69, 9.17) is 4.74 Å². The van der Waals surface area contributed by atoms with Gasteiger partial charge in [-0.25, -0.2) is 4.98 Å². The summed E-state index contributed by atoms with van der Waals surface area (Å²) in [6.45, 7) is 11.2. The Hall–Kier alpha value is -1.32. The van der Waals surface area contributed by atoms with E-state index < -0.39 is 0 Å². The summed E-state index contributed by atoms with van der Waals surface area (Å²) in [4.78, 5) is 8.63. The van der Waals surface area contributed by atoms with Gasteiger partial charge < -0.3 is 10.1 Å². The van der Waals surface area contributed by atoms with Gasteiger partial charge in [-0.15, -0.1) is 0 Å². The maximum Gasteiger partial charge on any atom is 0.225 e. The van der Waals surface area contributed by atoms with Crippen LogP contribution in [0.15, 0.2) is 6.20 Å². The Morgan fingerprint density at radius 3 is 2.65 bits per heavy atom. The predicted octanol–water partition coefficient (Wildman–Crippen LogP) is 3.17. The second kappa shape index (κ2) is 5.84. The van der Waals surface area contributed by atoms with Crippen LogP contribution in [-0.2, 0) is 0 Å². The van der Waals surface area contributed by atoms with E-state index in [1.165, 1.54) is 0 Å². The lowest BCUT2D eigenvalue weighted by Gasteiger charge is -2.25. The molecule has 0 fully saturated rings. The van der Waals surface area contributed by atoms with Crippen molar-refractivity contribution < 1.29 is 4.74 Å². The number of aryl methyl sites for hydroxylation is 1. The Morgan fingerprint density at radius 1 is 1.35 bits per heavy atom. The highest BCUT2D eigenvalue weighted by atomic mass is 16.5. The SMILES string of the molecule is CCCNc1ncc(C)c(OC(C)(C)CC)n1. The van der Waals surface area contributed by atoms with Gasteiger partial charge in [-0.3, -0.25) is 0 Å². The van der Waals surface area contributed by atoms with Gasteiger partial charge >= 0.3 is 0 Å². The Labute approximate surface area is 104 Å². The molecule has 96 valence electrons. The summed E-state index contributed by atoms with van der Waals surface area (Å²) in [6.07, 6.45) is 3.79. The van der Waals surface area contributed by atoms with Crippen molar-refractivity contribution in [3.63, 3.8) is 0 Å². The van der Waals surface area contributed by atoms with E-state index in [2.05, 4.69) is 43.0 Å². The largest absolute Gasteiger partial charge is 0.471 e. The van der Waals surface area contributed by atoms with Crippen LogP contribution in [0.1, 0.15) is 46.1 Å². The molecule has 1 N–H and O–H groups in total. The molecule has 0 radical (unpaired) electrons. The molecule has 0 aliphatic heterocycles. The molecule has 0 aromatic carbocycles. The van der Waals surface area contributed by atoms with Crippen LogP contribution in [0, 0.1) is 6.92 Å². The Bertz CT molecular complexity index is 364. The van der Waals surface area contributed by atoms with Gasteiger partial charge in [0.15, 0.2) is 0 Å². The van der Waals surface area contributed by atoms with Crippen molar-refractivity contribution in [1.82, 2.24) is 9.97 Å². The number of ether oxygens (including phenoxy) is 1. The van der Waals surface area contributed by atoms with Gasteiger partial charge in [0.05, 0.1) is 0 Å². The lowest BCUT2D eigenvalue weighted by molar-refractivity contribution is 0.0980. The van der Waals surface area contributed by atoms with Gasteiger partial charge in [0.25, 0.3) is 0 Å². The van der Waals surface area contributed by atoms with E-state index in [-0.39, 0.29) is 5.60 Å². The molecule has 17 heavy (non-hydrogen) atoms. The summed E-state index contributed by atoms with van der Waals surface area (Å²) in [7, 11) is 0. The number of anilines is 1. The Kier molecular flexibility index (Phi) is 4.73. The van der Waals surface area contributed by atoms with Crippen LogP contribution >= 0.6 is 0 Å². The maximum absolute atomic E-state index is 5.91. The quantitative estimate of drug-likeness (QED) is 0.825. The van der Waals surface area contributed by atoms with Crippen molar-refractivity contribution in [3.05, 3.63) is 11.8 Å². The standard InChI is InChI=1S/C13H23N3O/c1-6-8-14-12-15-9-10(3)11(16-12)17-13(4,5)7-2/h9H,6-8H2,1-5H3,(H,14,15,16). The maximum atomic E-state index is 5.91. The Balaban J connectivity index is 2.83. The number of nitrogens with one attached hydrogen (secondary N) is 1. The zero-order chi connectivity index (χ0) is 12.9. The van der Waals surface area contributed by atoms with Gasteiger partial charge in [-0.05, 0) is 33.6 Å². The van der Waals surface area contributed by atoms with Gasteiger partial charge in [-0.2, -0.15) is 4.98 Å². The normalized spacial score (nSPS) is 11.4. The predicted molar refractivity (Wildman–Crippen MR) is 70.5 cm³/mol. The van der Waals surface area contributed by atoms with Gasteiger partial charge in [0, 0.05) is 18.3 Å². The molecule has 1 rings (SSSR count). The molecule has 0 aliphatic carbocycles. The highest BCUT2D eigenvalue weighted by Crippen LogP contribution is 2.22. The molecule has 0 bridgehead atoms. The fourth-order valence-corrected chi connectivity index (χ4v) is 1.19. The first-order valence-corrected chi connectivity index (χ1v) is 6.25. The molecule has 4 heteroatoms. The van der Waals surface area contributed by atoms with E-state index in [9.17, 15) is 0 Å². The molecule has 0 spiro atoms. The minimum absolute atomic E-state index is 0.193. The van der Waals surface area contributed by atoms with Crippen LogP contribution in [-0.4, -0.2) is 22.1 Å². The van der Waals surface area contributed by atoms with Crippen molar-refractivity contribution in [2.24, 2.45) is 0 Å². The number of aromatic nitrogens is 2. The molecule has 0 aliphatic rings. The highest BCUT2D eigenvalue weighted by Gasteiger charge is 2.19. The second-order valence-electron chi connectivity index (χ2n) is 4.82. The average Bonchev–Trinajstić information content (AvgIpc) is 2.30. The van der Waals surface area contributed by atoms with Crippen LogP contribution in [0.5, 0.6) is 5.88 Å². The van der Waals surface area contributed by atoms with Crippen molar-refractivity contribution >= 4 is 5.95 Å². The van der Waals surface area contributed by atoms with Crippen LogP contribution in [0.3, 0.4) is 0 Å². The smallest absolute Gasteiger partial charge is 0.225 e. The van der Waals surface area contributed by atoms with E-state index in [1.54, 1.807) is 6.20 Å². The summed E-state index contributed by atoms with van der Waals surface area (Å²) in [5.41, 5.74) is 0.773. The first-order valence-electron chi connectivity index (χ1n) is 6.25. The lowest BCUT2D eigenvalue weighted by atomic mass is 10.1. The third-order valence-corrected chi connectivity index (χ3v) is 2.68. The molecule has 1 aromatic heterocycles. The monoisotopic (exact) mass is 237 g/mol. The summed E-state index contributed by atoms with van der Waals surface area (Å²) < 4.78 is 5.91. The molecule has 4 nitrogen and oxygen atoms in total. The number of rotatable bonds is 6. The summed E-state index contributed by atoms with van der Waals surface area (Å²) in [5, 5.41) is 3.16. The molecular weight excluding hydrogens is 214 g/mol. The van der Waals surface area contributed by atoms with Crippen LogP contribution in [0.25, 0.3) is 0 Å². The molecular formula is C13H23N3O. The molecule has 1 aromatic rings. The van der Waals surface area contributed by atoms with E-state index >= 15 is 0 Å².